The lowest BCUT2D eigenvalue weighted by molar-refractivity contribution is -0.193. The number of amides is 1. The van der Waals surface area contributed by atoms with E-state index in [0.29, 0.717) is 26.3 Å². The summed E-state index contributed by atoms with van der Waals surface area (Å²) in [6, 6.07) is 0. The number of nitrogens with zero attached hydrogens (tertiary/aromatic N) is 2. The molecule has 3 rings (SSSR count). The molecule has 0 unspecified atom stereocenters. The highest BCUT2D eigenvalue weighted by atomic mass is 16.7. The number of hydrogen-bond acceptors (Lipinski definition) is 4. The Morgan fingerprint density at radius 3 is 2.05 bits per heavy atom. The molecule has 1 amide bonds. The highest BCUT2D eigenvalue weighted by Gasteiger charge is 2.45. The van der Waals surface area contributed by atoms with Crippen molar-refractivity contribution in [3.63, 3.8) is 0 Å². The predicted molar refractivity (Wildman–Crippen MR) is 72.7 cm³/mol. The number of rotatable bonds is 1. The van der Waals surface area contributed by atoms with Crippen LogP contribution < -0.4 is 0 Å². The largest absolute Gasteiger partial charge is 0.465 e. The number of carbonyl (C=O) groups is 1. The van der Waals surface area contributed by atoms with Crippen LogP contribution in [0.2, 0.25) is 0 Å². The van der Waals surface area contributed by atoms with Crippen LogP contribution in [0.15, 0.2) is 0 Å². The van der Waals surface area contributed by atoms with E-state index in [1.165, 1.54) is 4.90 Å². The van der Waals surface area contributed by atoms with E-state index < -0.39 is 6.09 Å². The molecule has 3 aliphatic heterocycles. The van der Waals surface area contributed by atoms with Crippen molar-refractivity contribution in [2.24, 2.45) is 0 Å². The third-order valence-electron chi connectivity index (χ3n) is 5.21. The molecule has 0 bridgehead atoms. The average Bonchev–Trinajstić information content (AvgIpc) is 2.88. The minimum absolute atomic E-state index is 0.117. The summed E-state index contributed by atoms with van der Waals surface area (Å²) in [5, 5.41) is 9.04. The molecule has 1 N–H and O–H groups in total. The van der Waals surface area contributed by atoms with Gasteiger partial charge in [0, 0.05) is 44.6 Å². The number of piperidine rings is 2. The van der Waals surface area contributed by atoms with E-state index in [-0.39, 0.29) is 11.3 Å². The van der Waals surface area contributed by atoms with Gasteiger partial charge in [-0.05, 0) is 19.8 Å². The minimum atomic E-state index is -0.794. The second kappa shape index (κ2) is 5.16. The smallest absolute Gasteiger partial charge is 0.407 e. The number of likely N-dealkylation sites (tertiary alicyclic amines) is 2. The molecular formula is C14H24N2O4. The van der Waals surface area contributed by atoms with E-state index in [1.54, 1.807) is 0 Å². The maximum atomic E-state index is 11.0. The van der Waals surface area contributed by atoms with Gasteiger partial charge in [0.15, 0.2) is 5.79 Å². The Bertz CT molecular complexity index is 363. The summed E-state index contributed by atoms with van der Waals surface area (Å²) < 4.78 is 11.5. The monoisotopic (exact) mass is 284 g/mol. The molecular weight excluding hydrogens is 260 g/mol. The van der Waals surface area contributed by atoms with Gasteiger partial charge in [0.05, 0.1) is 13.2 Å². The van der Waals surface area contributed by atoms with Gasteiger partial charge in [-0.25, -0.2) is 4.79 Å². The van der Waals surface area contributed by atoms with Crippen LogP contribution in [0.4, 0.5) is 4.79 Å². The van der Waals surface area contributed by atoms with Gasteiger partial charge in [-0.15, -0.1) is 0 Å². The van der Waals surface area contributed by atoms with Crippen LogP contribution >= 0.6 is 0 Å². The van der Waals surface area contributed by atoms with E-state index in [2.05, 4.69) is 11.8 Å². The van der Waals surface area contributed by atoms with E-state index in [9.17, 15) is 4.79 Å². The molecule has 3 aliphatic rings. The molecule has 6 heteroatoms. The summed E-state index contributed by atoms with van der Waals surface area (Å²) in [4.78, 5) is 15.0. The second-order valence-corrected chi connectivity index (χ2v) is 6.36. The highest BCUT2D eigenvalue weighted by molar-refractivity contribution is 5.65. The van der Waals surface area contributed by atoms with Crippen LogP contribution in [0.25, 0.3) is 0 Å². The Hall–Kier alpha value is -0.850. The lowest BCUT2D eigenvalue weighted by Crippen LogP contribution is -2.58. The Morgan fingerprint density at radius 2 is 1.55 bits per heavy atom. The molecule has 0 aromatic rings. The molecule has 0 radical (unpaired) electrons. The zero-order valence-corrected chi connectivity index (χ0v) is 12.1. The Labute approximate surface area is 119 Å². The minimum Gasteiger partial charge on any atom is -0.465 e. The molecule has 3 fully saturated rings. The fourth-order valence-corrected chi connectivity index (χ4v) is 3.67. The van der Waals surface area contributed by atoms with Crippen molar-refractivity contribution in [2.45, 2.75) is 43.9 Å². The second-order valence-electron chi connectivity index (χ2n) is 6.36. The summed E-state index contributed by atoms with van der Waals surface area (Å²) in [5.74, 6) is -0.325. The lowest BCUT2D eigenvalue weighted by Gasteiger charge is -2.50. The summed E-state index contributed by atoms with van der Waals surface area (Å²) in [6.07, 6.45) is 2.87. The van der Waals surface area contributed by atoms with Crippen molar-refractivity contribution in [3.05, 3.63) is 0 Å². The summed E-state index contributed by atoms with van der Waals surface area (Å²) in [6.45, 7) is 6.92. The summed E-state index contributed by atoms with van der Waals surface area (Å²) in [7, 11) is 0. The molecule has 0 aromatic heterocycles. The van der Waals surface area contributed by atoms with Crippen molar-refractivity contribution in [2.75, 3.05) is 39.4 Å². The zero-order chi connectivity index (χ0) is 14.2. The Morgan fingerprint density at radius 1 is 1.00 bits per heavy atom. The standard InChI is InChI=1S/C14H24N2O4/c1-13(2-6-15(7-3-13)12(17)18)16-8-4-14(5-9-16)19-10-11-20-14/h2-11H2,1H3,(H,17,18). The number of ether oxygens (including phenoxy) is 2. The highest BCUT2D eigenvalue weighted by Crippen LogP contribution is 2.37. The Balaban J connectivity index is 1.56. The molecule has 20 heavy (non-hydrogen) atoms. The maximum absolute atomic E-state index is 11.0. The van der Waals surface area contributed by atoms with Crippen molar-refractivity contribution in [1.29, 1.82) is 0 Å². The molecule has 3 saturated heterocycles. The molecule has 0 aliphatic carbocycles. The van der Waals surface area contributed by atoms with Gasteiger partial charge in [0.1, 0.15) is 0 Å². The average molecular weight is 284 g/mol. The third kappa shape index (κ3) is 2.52. The molecule has 6 nitrogen and oxygen atoms in total. The van der Waals surface area contributed by atoms with E-state index in [0.717, 1.165) is 38.8 Å². The number of hydrogen-bond donors (Lipinski definition) is 1. The summed E-state index contributed by atoms with van der Waals surface area (Å²) >= 11 is 0. The predicted octanol–water partition coefficient (Wildman–Crippen LogP) is 1.36. The van der Waals surface area contributed by atoms with Gasteiger partial charge in [-0.2, -0.15) is 0 Å². The van der Waals surface area contributed by atoms with Gasteiger partial charge < -0.3 is 19.5 Å². The Kier molecular flexibility index (Phi) is 3.64. The molecule has 0 saturated carbocycles. The fourth-order valence-electron chi connectivity index (χ4n) is 3.67. The number of carboxylic acid groups (broad SMARTS) is 1. The van der Waals surface area contributed by atoms with Crippen LogP contribution in [0.3, 0.4) is 0 Å². The lowest BCUT2D eigenvalue weighted by atomic mass is 9.85. The first-order chi connectivity index (χ1) is 9.53. The van der Waals surface area contributed by atoms with Gasteiger partial charge in [0.2, 0.25) is 0 Å². The van der Waals surface area contributed by atoms with Crippen LogP contribution in [-0.4, -0.2) is 71.7 Å². The normalized spacial score (nSPS) is 29.8. The quantitative estimate of drug-likeness (QED) is 0.787. The van der Waals surface area contributed by atoms with E-state index in [4.69, 9.17) is 14.6 Å². The fraction of sp³-hybridized carbons (Fsp3) is 0.929. The topological polar surface area (TPSA) is 62.2 Å². The first-order valence-corrected chi connectivity index (χ1v) is 7.54. The molecule has 0 aromatic carbocycles. The molecule has 114 valence electrons. The van der Waals surface area contributed by atoms with Gasteiger partial charge in [-0.1, -0.05) is 0 Å². The van der Waals surface area contributed by atoms with Crippen molar-refractivity contribution < 1.29 is 19.4 Å². The van der Waals surface area contributed by atoms with Gasteiger partial charge >= 0.3 is 6.09 Å². The van der Waals surface area contributed by atoms with Gasteiger partial charge in [0.25, 0.3) is 0 Å². The van der Waals surface area contributed by atoms with Crippen molar-refractivity contribution in [1.82, 2.24) is 9.80 Å². The van der Waals surface area contributed by atoms with Crippen LogP contribution in [0.5, 0.6) is 0 Å². The zero-order valence-electron chi connectivity index (χ0n) is 12.1. The van der Waals surface area contributed by atoms with Crippen molar-refractivity contribution >= 4 is 6.09 Å². The first-order valence-electron chi connectivity index (χ1n) is 7.54. The van der Waals surface area contributed by atoms with Crippen LogP contribution in [0.1, 0.15) is 32.6 Å². The van der Waals surface area contributed by atoms with E-state index >= 15 is 0 Å². The van der Waals surface area contributed by atoms with E-state index in [1.807, 2.05) is 0 Å². The molecule has 3 heterocycles. The summed E-state index contributed by atoms with van der Waals surface area (Å²) in [5.41, 5.74) is 0.117. The van der Waals surface area contributed by atoms with Crippen LogP contribution in [-0.2, 0) is 9.47 Å². The molecule has 1 spiro atoms. The van der Waals surface area contributed by atoms with Crippen molar-refractivity contribution in [3.8, 4) is 0 Å². The first kappa shape index (κ1) is 14.1. The third-order valence-corrected chi connectivity index (χ3v) is 5.21. The maximum Gasteiger partial charge on any atom is 0.407 e. The SMILES string of the molecule is CC1(N2CCC3(CC2)OCCO3)CCN(C(=O)O)CC1. The van der Waals surface area contributed by atoms with Gasteiger partial charge in [-0.3, -0.25) is 4.90 Å². The molecule has 0 atom stereocenters. The van der Waals surface area contributed by atoms with Crippen LogP contribution in [0, 0.1) is 0 Å².